The summed E-state index contributed by atoms with van der Waals surface area (Å²) in [6.45, 7) is 0. The average molecular weight is 452 g/mol. The summed E-state index contributed by atoms with van der Waals surface area (Å²) >= 11 is 0. The largest absolute Gasteiger partial charge is 0.466 e. The van der Waals surface area contributed by atoms with E-state index in [4.69, 9.17) is 15.2 Å². The van der Waals surface area contributed by atoms with Gasteiger partial charge in [-0.15, -0.1) is 0 Å². The minimum atomic E-state index is -1.27. The van der Waals surface area contributed by atoms with E-state index < -0.39 is 28.6 Å². The lowest BCUT2D eigenvalue weighted by molar-refractivity contribution is -0.384. The zero-order valence-electron chi connectivity index (χ0n) is 17.4. The molecule has 3 rings (SSSR count). The number of nitriles is 1. The molecule has 0 saturated heterocycles. The summed E-state index contributed by atoms with van der Waals surface area (Å²) < 4.78 is 23.3. The molecule has 0 radical (unpaired) electrons. The highest BCUT2D eigenvalue weighted by atomic mass is 19.1. The van der Waals surface area contributed by atoms with Gasteiger partial charge in [0.25, 0.3) is 5.69 Å². The van der Waals surface area contributed by atoms with Crippen molar-refractivity contribution in [2.75, 3.05) is 19.1 Å². The van der Waals surface area contributed by atoms with E-state index in [1.807, 2.05) is 6.07 Å². The molecule has 2 aromatic carbocycles. The monoisotopic (exact) mass is 452 g/mol. The normalized spacial score (nSPS) is 15.7. The number of non-ortho nitro benzene ring substituents is 1. The maximum absolute atomic E-state index is 13.5. The van der Waals surface area contributed by atoms with Gasteiger partial charge < -0.3 is 15.2 Å². The second kappa shape index (κ2) is 9.19. The Morgan fingerprint density at radius 3 is 2.33 bits per heavy atom. The summed E-state index contributed by atoms with van der Waals surface area (Å²) in [5.74, 6) is -4.05. The Kier molecular flexibility index (Phi) is 6.39. The first-order valence-corrected chi connectivity index (χ1v) is 9.35. The average Bonchev–Trinajstić information content (AvgIpc) is 2.82. The molecule has 2 aromatic rings. The molecule has 0 amide bonds. The van der Waals surface area contributed by atoms with Crippen LogP contribution in [0.15, 0.2) is 71.2 Å². The van der Waals surface area contributed by atoms with E-state index in [1.54, 1.807) is 0 Å². The summed E-state index contributed by atoms with van der Waals surface area (Å²) in [6.07, 6.45) is 0. The Morgan fingerprint density at radius 2 is 1.79 bits per heavy atom. The molecule has 1 heterocycles. The van der Waals surface area contributed by atoms with E-state index in [2.05, 4.69) is 0 Å². The minimum Gasteiger partial charge on any atom is -0.466 e. The van der Waals surface area contributed by atoms with Crippen molar-refractivity contribution >= 4 is 23.3 Å². The predicted molar refractivity (Wildman–Crippen MR) is 113 cm³/mol. The summed E-state index contributed by atoms with van der Waals surface area (Å²) in [5.41, 5.74) is 5.44. The third-order valence-electron chi connectivity index (χ3n) is 4.98. The molecule has 0 spiro atoms. The van der Waals surface area contributed by atoms with Crippen molar-refractivity contribution < 1.29 is 28.4 Å². The van der Waals surface area contributed by atoms with Crippen molar-refractivity contribution in [1.29, 1.82) is 5.26 Å². The number of anilines is 1. The van der Waals surface area contributed by atoms with Gasteiger partial charge in [-0.2, -0.15) is 5.26 Å². The van der Waals surface area contributed by atoms with Crippen molar-refractivity contribution in [2.45, 2.75) is 5.92 Å². The summed E-state index contributed by atoms with van der Waals surface area (Å²) in [7, 11) is 2.15. The number of hydrogen-bond acceptors (Lipinski definition) is 9. The van der Waals surface area contributed by atoms with Crippen molar-refractivity contribution in [3.05, 3.63) is 92.7 Å². The van der Waals surface area contributed by atoms with Crippen LogP contribution in [0.4, 0.5) is 15.8 Å². The summed E-state index contributed by atoms with van der Waals surface area (Å²) in [4.78, 5) is 37.5. The number of nitro groups is 1. The fourth-order valence-corrected chi connectivity index (χ4v) is 3.54. The van der Waals surface area contributed by atoms with E-state index >= 15 is 0 Å². The number of benzene rings is 2. The fourth-order valence-electron chi connectivity index (χ4n) is 3.54. The van der Waals surface area contributed by atoms with E-state index in [0.29, 0.717) is 0 Å². The minimum absolute atomic E-state index is 0.157. The van der Waals surface area contributed by atoms with E-state index in [-0.39, 0.29) is 39.6 Å². The number of nitrogens with zero attached hydrogens (tertiary/aromatic N) is 3. The van der Waals surface area contributed by atoms with Crippen LogP contribution in [-0.4, -0.2) is 31.1 Å². The summed E-state index contributed by atoms with van der Waals surface area (Å²) in [5, 5.41) is 21.2. The van der Waals surface area contributed by atoms with Crippen molar-refractivity contribution in [3.63, 3.8) is 0 Å². The van der Waals surface area contributed by atoms with Crippen molar-refractivity contribution in [3.8, 4) is 6.07 Å². The molecular weight excluding hydrogens is 435 g/mol. The van der Waals surface area contributed by atoms with E-state index in [1.165, 1.54) is 36.4 Å². The van der Waals surface area contributed by atoms with Gasteiger partial charge in [0.05, 0.1) is 42.3 Å². The maximum atomic E-state index is 13.5. The lowest BCUT2D eigenvalue weighted by Crippen LogP contribution is -2.40. The fraction of sp³-hybridized carbons (Fsp3) is 0.136. The molecule has 33 heavy (non-hydrogen) atoms. The Hall–Kier alpha value is -4.72. The smallest absolute Gasteiger partial charge is 0.355 e. The Balaban J connectivity index is 2.41. The second-order valence-electron chi connectivity index (χ2n) is 6.75. The molecule has 1 atom stereocenters. The quantitative estimate of drug-likeness (QED) is 0.410. The molecule has 1 unspecified atom stereocenters. The highest BCUT2D eigenvalue weighted by molar-refractivity contribution is 6.06. The van der Waals surface area contributed by atoms with Gasteiger partial charge >= 0.3 is 11.9 Å². The van der Waals surface area contributed by atoms with Gasteiger partial charge in [0.2, 0.25) is 0 Å². The molecular formula is C22H17FN4O6. The van der Waals surface area contributed by atoms with Gasteiger partial charge in [-0.1, -0.05) is 12.1 Å². The number of hydrogen-bond donors (Lipinski definition) is 1. The number of methoxy groups -OCH3 is 2. The van der Waals surface area contributed by atoms with Crippen molar-refractivity contribution in [2.24, 2.45) is 5.73 Å². The molecule has 0 fully saturated rings. The van der Waals surface area contributed by atoms with Crippen LogP contribution >= 0.6 is 0 Å². The third-order valence-corrected chi connectivity index (χ3v) is 4.98. The zero-order valence-corrected chi connectivity index (χ0v) is 17.4. The number of nitro benzene ring substituents is 1. The first-order chi connectivity index (χ1) is 15.7. The first kappa shape index (κ1) is 23.0. The number of halogens is 1. The van der Waals surface area contributed by atoms with Crippen LogP contribution in [0.2, 0.25) is 0 Å². The molecule has 0 aliphatic carbocycles. The molecule has 11 heteroatoms. The number of allylic oxidation sites excluding steroid dienone is 1. The predicted octanol–water partition coefficient (Wildman–Crippen LogP) is 2.63. The van der Waals surface area contributed by atoms with E-state index in [9.17, 15) is 29.4 Å². The molecule has 1 aliphatic heterocycles. The van der Waals surface area contributed by atoms with Crippen LogP contribution in [0.25, 0.3) is 0 Å². The summed E-state index contributed by atoms with van der Waals surface area (Å²) in [6, 6.07) is 11.9. The SMILES string of the molecule is COC(=O)C1=C(C(=O)OC)N(c2ccc(F)cc2)C(N)=C(C#N)C1c1cccc([N+](=O)[O-])c1. The molecule has 0 aromatic heterocycles. The molecule has 2 N–H and O–H groups in total. The van der Waals surface area contributed by atoms with E-state index in [0.717, 1.165) is 31.3 Å². The van der Waals surface area contributed by atoms with Gasteiger partial charge in [0.1, 0.15) is 17.3 Å². The lowest BCUT2D eigenvalue weighted by atomic mass is 9.80. The van der Waals surface area contributed by atoms with Gasteiger partial charge in [-0.25, -0.2) is 14.0 Å². The highest BCUT2D eigenvalue weighted by Crippen LogP contribution is 2.43. The van der Waals surface area contributed by atoms with Crippen LogP contribution in [-0.2, 0) is 19.1 Å². The van der Waals surface area contributed by atoms with Crippen molar-refractivity contribution in [1.82, 2.24) is 0 Å². The number of ether oxygens (including phenoxy) is 2. The molecule has 168 valence electrons. The number of nitrogens with two attached hydrogens (primary N) is 1. The second-order valence-corrected chi connectivity index (χ2v) is 6.75. The lowest BCUT2D eigenvalue weighted by Gasteiger charge is -2.35. The molecule has 1 aliphatic rings. The number of carbonyl (C=O) groups is 2. The Bertz CT molecular complexity index is 1250. The van der Waals surface area contributed by atoms with Crippen LogP contribution in [0.5, 0.6) is 0 Å². The van der Waals surface area contributed by atoms with Crippen LogP contribution in [0.1, 0.15) is 11.5 Å². The molecule has 0 saturated carbocycles. The molecule has 0 bridgehead atoms. The van der Waals surface area contributed by atoms with Gasteiger partial charge in [-0.05, 0) is 29.8 Å². The third kappa shape index (κ3) is 4.09. The highest BCUT2D eigenvalue weighted by Gasteiger charge is 2.43. The zero-order chi connectivity index (χ0) is 24.3. The van der Waals surface area contributed by atoms with Crippen LogP contribution < -0.4 is 10.6 Å². The Labute approximate surface area is 187 Å². The maximum Gasteiger partial charge on any atom is 0.355 e. The number of carbonyl (C=O) groups excluding carboxylic acids is 2. The number of rotatable bonds is 5. The van der Waals surface area contributed by atoms with Gasteiger partial charge in [0.15, 0.2) is 0 Å². The van der Waals surface area contributed by atoms with Gasteiger partial charge in [0, 0.05) is 17.8 Å². The first-order valence-electron chi connectivity index (χ1n) is 9.35. The van der Waals surface area contributed by atoms with Crippen LogP contribution in [0.3, 0.4) is 0 Å². The molecule has 10 nitrogen and oxygen atoms in total. The topological polar surface area (TPSA) is 149 Å². The Morgan fingerprint density at radius 1 is 1.15 bits per heavy atom. The number of esters is 2. The van der Waals surface area contributed by atoms with Crippen LogP contribution in [0, 0.1) is 27.3 Å². The van der Waals surface area contributed by atoms with Gasteiger partial charge in [-0.3, -0.25) is 15.0 Å². The standard InChI is InChI=1S/C22H17FN4O6/c1-32-21(28)18-17(12-4-3-5-15(10-12)27(30)31)16(11-24)20(25)26(19(18)22(29)33-2)14-8-6-13(23)7-9-14/h3-10,17H,25H2,1-2H3.